The molecule has 0 bridgehead atoms. The third kappa shape index (κ3) is 2.35. The van der Waals surface area contributed by atoms with E-state index in [0.29, 0.717) is 24.9 Å². The van der Waals surface area contributed by atoms with Gasteiger partial charge in [0.05, 0.1) is 25.4 Å². The standard InChI is InChI=1S/C11H19NO2/c1-2-7-13-8-9-3-4-10-11(14-9)5-6-12-10/h2,9-12H,1,3-8H2/t9-,10-,11-/m1/s1. The molecule has 3 atom stereocenters. The highest BCUT2D eigenvalue weighted by molar-refractivity contribution is 4.89. The highest BCUT2D eigenvalue weighted by atomic mass is 16.5. The molecular weight excluding hydrogens is 178 g/mol. The molecule has 80 valence electrons. The summed E-state index contributed by atoms with van der Waals surface area (Å²) in [6.07, 6.45) is 6.01. The second-order valence-electron chi connectivity index (χ2n) is 4.05. The Morgan fingerprint density at radius 1 is 1.43 bits per heavy atom. The van der Waals surface area contributed by atoms with Crippen LogP contribution in [0, 0.1) is 0 Å². The molecule has 0 radical (unpaired) electrons. The van der Waals surface area contributed by atoms with Crippen molar-refractivity contribution in [2.45, 2.75) is 37.5 Å². The van der Waals surface area contributed by atoms with Gasteiger partial charge in [-0.3, -0.25) is 0 Å². The number of nitrogens with one attached hydrogen (secondary N) is 1. The number of hydrogen-bond donors (Lipinski definition) is 1. The minimum Gasteiger partial charge on any atom is -0.375 e. The molecule has 0 spiro atoms. The lowest BCUT2D eigenvalue weighted by Gasteiger charge is -2.32. The Labute approximate surface area is 85.5 Å². The molecule has 2 fully saturated rings. The SMILES string of the molecule is C=CCOC[C@H]1CC[C@H]2NCC[C@H]2O1. The summed E-state index contributed by atoms with van der Waals surface area (Å²) in [6.45, 7) is 6.08. The fraction of sp³-hybridized carbons (Fsp3) is 0.818. The molecule has 1 N–H and O–H groups in total. The van der Waals surface area contributed by atoms with Gasteiger partial charge in [0.2, 0.25) is 0 Å². The van der Waals surface area contributed by atoms with Crippen molar-refractivity contribution >= 4 is 0 Å². The van der Waals surface area contributed by atoms with E-state index in [4.69, 9.17) is 9.47 Å². The van der Waals surface area contributed by atoms with E-state index in [-0.39, 0.29) is 0 Å². The van der Waals surface area contributed by atoms with Crippen molar-refractivity contribution in [1.29, 1.82) is 0 Å². The van der Waals surface area contributed by atoms with E-state index in [9.17, 15) is 0 Å². The lowest BCUT2D eigenvalue weighted by atomic mass is 10.0. The molecule has 0 aromatic carbocycles. The monoisotopic (exact) mass is 197 g/mol. The second kappa shape index (κ2) is 4.91. The van der Waals surface area contributed by atoms with Crippen LogP contribution in [0.2, 0.25) is 0 Å². The Hall–Kier alpha value is -0.380. The lowest BCUT2D eigenvalue weighted by Crippen LogP contribution is -2.41. The van der Waals surface area contributed by atoms with Crippen LogP contribution in [0.25, 0.3) is 0 Å². The number of hydrogen-bond acceptors (Lipinski definition) is 3. The average Bonchev–Trinajstić information content (AvgIpc) is 2.65. The van der Waals surface area contributed by atoms with E-state index >= 15 is 0 Å². The first-order valence-corrected chi connectivity index (χ1v) is 5.47. The summed E-state index contributed by atoms with van der Waals surface area (Å²) >= 11 is 0. The normalized spacial score (nSPS) is 36.7. The largest absolute Gasteiger partial charge is 0.375 e. The average molecular weight is 197 g/mol. The Bertz CT molecular complexity index is 196. The summed E-state index contributed by atoms with van der Waals surface area (Å²) < 4.78 is 11.3. The topological polar surface area (TPSA) is 30.5 Å². The van der Waals surface area contributed by atoms with E-state index in [0.717, 1.165) is 26.0 Å². The molecule has 0 saturated carbocycles. The Morgan fingerprint density at radius 2 is 2.36 bits per heavy atom. The van der Waals surface area contributed by atoms with Gasteiger partial charge >= 0.3 is 0 Å². The van der Waals surface area contributed by atoms with Crippen molar-refractivity contribution in [1.82, 2.24) is 5.32 Å². The van der Waals surface area contributed by atoms with E-state index in [1.807, 2.05) is 0 Å². The Kier molecular flexibility index (Phi) is 3.56. The van der Waals surface area contributed by atoms with Gasteiger partial charge in [0.25, 0.3) is 0 Å². The van der Waals surface area contributed by atoms with Gasteiger partial charge in [0, 0.05) is 6.04 Å². The fourth-order valence-electron chi connectivity index (χ4n) is 2.28. The van der Waals surface area contributed by atoms with Gasteiger partial charge in [-0.15, -0.1) is 6.58 Å². The van der Waals surface area contributed by atoms with Crippen LogP contribution in [0.5, 0.6) is 0 Å². The molecule has 0 unspecified atom stereocenters. The maximum absolute atomic E-state index is 5.94. The summed E-state index contributed by atoms with van der Waals surface area (Å²) in [5.74, 6) is 0. The van der Waals surface area contributed by atoms with Gasteiger partial charge in [0.15, 0.2) is 0 Å². The maximum atomic E-state index is 5.94. The van der Waals surface area contributed by atoms with Crippen LogP contribution in [0.4, 0.5) is 0 Å². The summed E-state index contributed by atoms with van der Waals surface area (Å²) in [4.78, 5) is 0. The van der Waals surface area contributed by atoms with Crippen LogP contribution < -0.4 is 5.32 Å². The summed E-state index contributed by atoms with van der Waals surface area (Å²) in [5.41, 5.74) is 0. The second-order valence-corrected chi connectivity index (χ2v) is 4.05. The van der Waals surface area contributed by atoms with Gasteiger partial charge in [0.1, 0.15) is 0 Å². The quantitative estimate of drug-likeness (QED) is 0.541. The molecule has 3 heteroatoms. The number of fused-ring (bicyclic) bond motifs is 1. The van der Waals surface area contributed by atoms with E-state index in [1.165, 1.54) is 6.42 Å². The molecule has 14 heavy (non-hydrogen) atoms. The zero-order chi connectivity index (χ0) is 9.80. The van der Waals surface area contributed by atoms with Gasteiger partial charge in [-0.2, -0.15) is 0 Å². The van der Waals surface area contributed by atoms with Crippen molar-refractivity contribution in [3.63, 3.8) is 0 Å². The van der Waals surface area contributed by atoms with Gasteiger partial charge in [-0.1, -0.05) is 6.08 Å². The fourth-order valence-corrected chi connectivity index (χ4v) is 2.28. The zero-order valence-electron chi connectivity index (χ0n) is 8.58. The van der Waals surface area contributed by atoms with Crippen LogP contribution in [0.3, 0.4) is 0 Å². The highest BCUT2D eigenvalue weighted by Gasteiger charge is 2.34. The number of ether oxygens (including phenoxy) is 2. The predicted octanol–water partition coefficient (Wildman–Crippen LogP) is 1.10. The third-order valence-corrected chi connectivity index (χ3v) is 2.99. The first-order chi connectivity index (χ1) is 6.90. The Morgan fingerprint density at radius 3 is 3.21 bits per heavy atom. The molecule has 0 aromatic rings. The first kappa shape index (κ1) is 10.1. The molecule has 2 heterocycles. The van der Waals surface area contributed by atoms with E-state index in [1.54, 1.807) is 6.08 Å². The maximum Gasteiger partial charge on any atom is 0.0813 e. The minimum atomic E-state index is 0.302. The predicted molar refractivity (Wildman–Crippen MR) is 55.3 cm³/mol. The van der Waals surface area contributed by atoms with E-state index in [2.05, 4.69) is 11.9 Å². The van der Waals surface area contributed by atoms with Gasteiger partial charge in [-0.25, -0.2) is 0 Å². The van der Waals surface area contributed by atoms with Crippen molar-refractivity contribution in [2.24, 2.45) is 0 Å². The Balaban J connectivity index is 1.71. The molecule has 2 aliphatic rings. The number of rotatable bonds is 4. The lowest BCUT2D eigenvalue weighted by molar-refractivity contribution is -0.0852. The van der Waals surface area contributed by atoms with Crippen LogP contribution in [-0.2, 0) is 9.47 Å². The third-order valence-electron chi connectivity index (χ3n) is 2.99. The van der Waals surface area contributed by atoms with Crippen molar-refractivity contribution < 1.29 is 9.47 Å². The molecule has 0 aliphatic carbocycles. The summed E-state index contributed by atoms with van der Waals surface area (Å²) in [6, 6.07) is 0.602. The zero-order valence-corrected chi connectivity index (χ0v) is 8.58. The smallest absolute Gasteiger partial charge is 0.0813 e. The van der Waals surface area contributed by atoms with E-state index < -0.39 is 0 Å². The molecule has 0 aromatic heterocycles. The van der Waals surface area contributed by atoms with Crippen LogP contribution >= 0.6 is 0 Å². The summed E-state index contributed by atoms with van der Waals surface area (Å²) in [7, 11) is 0. The molecule has 3 nitrogen and oxygen atoms in total. The van der Waals surface area contributed by atoms with Crippen molar-refractivity contribution in [3.05, 3.63) is 12.7 Å². The highest BCUT2D eigenvalue weighted by Crippen LogP contribution is 2.25. The molecule has 2 saturated heterocycles. The van der Waals surface area contributed by atoms with Crippen LogP contribution in [0.15, 0.2) is 12.7 Å². The van der Waals surface area contributed by atoms with Gasteiger partial charge in [-0.05, 0) is 25.8 Å². The minimum absolute atomic E-state index is 0.302. The first-order valence-electron chi connectivity index (χ1n) is 5.47. The van der Waals surface area contributed by atoms with Gasteiger partial charge < -0.3 is 14.8 Å². The molecular formula is C11H19NO2. The van der Waals surface area contributed by atoms with Crippen molar-refractivity contribution in [2.75, 3.05) is 19.8 Å². The molecule has 2 rings (SSSR count). The molecule has 2 aliphatic heterocycles. The van der Waals surface area contributed by atoms with Crippen LogP contribution in [-0.4, -0.2) is 38.0 Å². The van der Waals surface area contributed by atoms with Crippen LogP contribution in [0.1, 0.15) is 19.3 Å². The molecule has 0 amide bonds. The van der Waals surface area contributed by atoms with Crippen molar-refractivity contribution in [3.8, 4) is 0 Å². The summed E-state index contributed by atoms with van der Waals surface area (Å²) in [5, 5.41) is 3.46.